The van der Waals surface area contributed by atoms with E-state index in [1.54, 1.807) is 0 Å². The summed E-state index contributed by atoms with van der Waals surface area (Å²) < 4.78 is 1.40. The smallest absolute Gasteiger partial charge is 0.0345 e. The average Bonchev–Trinajstić information content (AvgIpc) is 2.79. The second kappa shape index (κ2) is 6.10. The van der Waals surface area contributed by atoms with E-state index in [9.17, 15) is 0 Å². The lowest BCUT2D eigenvalue weighted by Gasteiger charge is -2.37. The zero-order chi connectivity index (χ0) is 15.7. The molecule has 2 aromatic rings. The Kier molecular flexibility index (Phi) is 4.79. The van der Waals surface area contributed by atoms with Crippen molar-refractivity contribution >= 4 is 21.4 Å². The van der Waals surface area contributed by atoms with Gasteiger partial charge < -0.3 is 5.32 Å². The number of benzene rings is 1. The van der Waals surface area contributed by atoms with E-state index in [0.29, 0.717) is 5.92 Å². The van der Waals surface area contributed by atoms with Gasteiger partial charge in [-0.3, -0.25) is 0 Å². The highest BCUT2D eigenvalue weighted by atomic mass is 32.1. The fraction of sp³-hybridized carbons (Fsp3) is 0.579. The van der Waals surface area contributed by atoms with Crippen LogP contribution in [0.2, 0.25) is 0 Å². The quantitative estimate of drug-likeness (QED) is 0.769. The normalized spacial score (nSPS) is 15.6. The van der Waals surface area contributed by atoms with E-state index in [2.05, 4.69) is 76.5 Å². The molecule has 0 aliphatic heterocycles. The van der Waals surface area contributed by atoms with Gasteiger partial charge in [-0.25, -0.2) is 0 Å². The first kappa shape index (κ1) is 16.5. The van der Waals surface area contributed by atoms with Crippen molar-refractivity contribution in [2.45, 2.75) is 53.5 Å². The second-order valence-electron chi connectivity index (χ2n) is 7.85. The van der Waals surface area contributed by atoms with E-state index in [0.717, 1.165) is 13.0 Å². The van der Waals surface area contributed by atoms with Gasteiger partial charge in [0.25, 0.3) is 0 Å². The van der Waals surface area contributed by atoms with Crippen molar-refractivity contribution in [1.29, 1.82) is 0 Å². The fourth-order valence-electron chi connectivity index (χ4n) is 2.54. The number of thiophene rings is 1. The maximum absolute atomic E-state index is 3.71. The van der Waals surface area contributed by atoms with Crippen LogP contribution in [0, 0.1) is 11.3 Å². The van der Waals surface area contributed by atoms with Crippen molar-refractivity contribution in [3.8, 4) is 0 Å². The summed E-state index contributed by atoms with van der Waals surface area (Å²) in [5.41, 5.74) is 1.95. The number of fused-ring (bicyclic) bond motifs is 1. The monoisotopic (exact) mass is 303 g/mol. The van der Waals surface area contributed by atoms with Crippen LogP contribution in [0.5, 0.6) is 0 Å². The molecule has 1 atom stereocenters. The first-order chi connectivity index (χ1) is 9.71. The predicted molar refractivity (Wildman–Crippen MR) is 96.2 cm³/mol. The van der Waals surface area contributed by atoms with Gasteiger partial charge in [-0.15, -0.1) is 11.3 Å². The third-order valence-corrected chi connectivity index (χ3v) is 5.58. The molecule has 1 aromatic carbocycles. The topological polar surface area (TPSA) is 12.0 Å². The van der Waals surface area contributed by atoms with E-state index in [1.807, 2.05) is 11.3 Å². The Hall–Kier alpha value is -0.860. The molecule has 1 nitrogen and oxygen atoms in total. The number of rotatable bonds is 5. The van der Waals surface area contributed by atoms with Crippen molar-refractivity contribution in [2.24, 2.45) is 11.3 Å². The van der Waals surface area contributed by atoms with Gasteiger partial charge in [-0.2, -0.15) is 0 Å². The summed E-state index contributed by atoms with van der Waals surface area (Å²) in [7, 11) is 0. The van der Waals surface area contributed by atoms with Crippen LogP contribution >= 0.6 is 11.3 Å². The van der Waals surface area contributed by atoms with Crippen LogP contribution in [0.3, 0.4) is 0 Å². The summed E-state index contributed by atoms with van der Waals surface area (Å²) in [5.74, 6) is 0.644. The van der Waals surface area contributed by atoms with E-state index >= 15 is 0 Å². The molecule has 0 aliphatic rings. The molecule has 0 saturated carbocycles. The summed E-state index contributed by atoms with van der Waals surface area (Å²) >= 11 is 1.87. The Labute approximate surface area is 133 Å². The molecule has 0 spiro atoms. The molecule has 0 amide bonds. The van der Waals surface area contributed by atoms with Crippen molar-refractivity contribution < 1.29 is 0 Å². The summed E-state index contributed by atoms with van der Waals surface area (Å²) in [6.45, 7) is 14.9. The van der Waals surface area contributed by atoms with Crippen molar-refractivity contribution in [1.82, 2.24) is 5.32 Å². The molecule has 0 fully saturated rings. The Morgan fingerprint density at radius 1 is 1.10 bits per heavy atom. The van der Waals surface area contributed by atoms with Gasteiger partial charge in [0.1, 0.15) is 0 Å². The van der Waals surface area contributed by atoms with Crippen LogP contribution in [-0.4, -0.2) is 12.1 Å². The average molecular weight is 304 g/mol. The van der Waals surface area contributed by atoms with E-state index in [4.69, 9.17) is 0 Å². The van der Waals surface area contributed by atoms with Crippen LogP contribution in [0.4, 0.5) is 0 Å². The Morgan fingerprint density at radius 2 is 1.76 bits per heavy atom. The molecule has 0 aliphatic carbocycles. The van der Waals surface area contributed by atoms with Crippen molar-refractivity contribution in [3.63, 3.8) is 0 Å². The lowest BCUT2D eigenvalue weighted by atomic mass is 9.74. The zero-order valence-electron chi connectivity index (χ0n) is 14.3. The molecule has 1 unspecified atom stereocenters. The Bertz CT molecular complexity index is 591. The third kappa shape index (κ3) is 4.08. The maximum atomic E-state index is 3.71. The van der Waals surface area contributed by atoms with Crippen molar-refractivity contribution in [2.75, 3.05) is 6.54 Å². The predicted octanol–water partition coefficient (Wildman–Crippen LogP) is 5.49. The van der Waals surface area contributed by atoms with Gasteiger partial charge >= 0.3 is 0 Å². The van der Waals surface area contributed by atoms with E-state index in [1.165, 1.54) is 15.6 Å². The SMILES string of the molecule is CC(C)C(C)(CNC(C)(C)C)Cc1csc2ccccc12. The zero-order valence-corrected chi connectivity index (χ0v) is 15.1. The molecule has 0 radical (unpaired) electrons. The molecule has 1 aromatic heterocycles. The first-order valence-electron chi connectivity index (χ1n) is 7.91. The molecule has 0 saturated heterocycles. The lowest BCUT2D eigenvalue weighted by molar-refractivity contribution is 0.188. The van der Waals surface area contributed by atoms with Gasteiger partial charge in [0.05, 0.1) is 0 Å². The molecular formula is C19H29NS. The third-order valence-electron chi connectivity index (χ3n) is 4.57. The van der Waals surface area contributed by atoms with Crippen LogP contribution in [-0.2, 0) is 6.42 Å². The fourth-order valence-corrected chi connectivity index (χ4v) is 3.51. The van der Waals surface area contributed by atoms with Gasteiger partial charge in [0, 0.05) is 16.8 Å². The molecule has 21 heavy (non-hydrogen) atoms. The molecule has 0 bridgehead atoms. The van der Waals surface area contributed by atoms with E-state index < -0.39 is 0 Å². The minimum Gasteiger partial charge on any atom is -0.312 e. The molecule has 2 rings (SSSR count). The van der Waals surface area contributed by atoms with Gasteiger partial charge in [0.15, 0.2) is 0 Å². The minimum atomic E-state index is 0.173. The molecule has 1 N–H and O–H groups in total. The standard InChI is InChI=1S/C19H29NS/c1-14(2)19(6,13-20-18(3,4)5)11-15-12-21-17-10-8-7-9-16(15)17/h7-10,12,14,20H,11,13H2,1-6H3. The Balaban J connectivity index is 2.23. The molecule has 116 valence electrons. The number of hydrogen-bond acceptors (Lipinski definition) is 2. The maximum Gasteiger partial charge on any atom is 0.0345 e. The largest absolute Gasteiger partial charge is 0.312 e. The summed E-state index contributed by atoms with van der Waals surface area (Å²) in [4.78, 5) is 0. The summed E-state index contributed by atoms with van der Waals surface area (Å²) in [5, 5.41) is 7.49. The number of hydrogen-bond donors (Lipinski definition) is 1. The van der Waals surface area contributed by atoms with Crippen molar-refractivity contribution in [3.05, 3.63) is 35.2 Å². The van der Waals surface area contributed by atoms with Gasteiger partial charge in [0.2, 0.25) is 0 Å². The molecule has 2 heteroatoms. The van der Waals surface area contributed by atoms with E-state index in [-0.39, 0.29) is 11.0 Å². The highest BCUT2D eigenvalue weighted by Crippen LogP contribution is 2.36. The lowest BCUT2D eigenvalue weighted by Crippen LogP contribution is -2.45. The minimum absolute atomic E-state index is 0.173. The number of nitrogens with one attached hydrogen (secondary N) is 1. The summed E-state index contributed by atoms with van der Waals surface area (Å²) in [6, 6.07) is 8.77. The van der Waals surface area contributed by atoms with Gasteiger partial charge in [-0.1, -0.05) is 39.0 Å². The molecule has 1 heterocycles. The second-order valence-corrected chi connectivity index (χ2v) is 8.76. The van der Waals surface area contributed by atoms with Crippen LogP contribution < -0.4 is 5.32 Å². The highest BCUT2D eigenvalue weighted by molar-refractivity contribution is 7.17. The van der Waals surface area contributed by atoms with Gasteiger partial charge in [-0.05, 0) is 60.9 Å². The summed E-state index contributed by atoms with van der Waals surface area (Å²) in [6.07, 6.45) is 1.14. The molecular weight excluding hydrogens is 274 g/mol. The van der Waals surface area contributed by atoms with Crippen LogP contribution in [0.1, 0.15) is 47.1 Å². The van der Waals surface area contributed by atoms with Crippen LogP contribution in [0.15, 0.2) is 29.6 Å². The Morgan fingerprint density at radius 3 is 2.38 bits per heavy atom. The van der Waals surface area contributed by atoms with Crippen LogP contribution in [0.25, 0.3) is 10.1 Å². The first-order valence-corrected chi connectivity index (χ1v) is 8.79. The highest BCUT2D eigenvalue weighted by Gasteiger charge is 2.30.